The zero-order chi connectivity index (χ0) is 12.6. The first-order valence-electron chi connectivity index (χ1n) is 5.90. The molecule has 0 aromatic carbocycles. The lowest BCUT2D eigenvalue weighted by Gasteiger charge is -2.17. The molecule has 4 nitrogen and oxygen atoms in total. The number of likely N-dealkylation sites (tertiary alicyclic amines) is 1. The number of aromatic nitrogens is 1. The molecule has 1 fully saturated rings. The molecule has 5 heteroatoms. The normalized spacial score (nSPS) is 21.9. The van der Waals surface area contributed by atoms with Gasteiger partial charge in [0, 0.05) is 19.0 Å². The van der Waals surface area contributed by atoms with Crippen LogP contribution in [0.25, 0.3) is 0 Å². The maximum atomic E-state index is 12.3. The molecule has 1 amide bonds. The Morgan fingerprint density at radius 3 is 2.76 bits per heavy atom. The number of aryl methyl sites for hydroxylation is 2. The average Bonchev–Trinajstić information content (AvgIpc) is 2.84. The van der Waals surface area contributed by atoms with Crippen molar-refractivity contribution in [3.05, 3.63) is 15.6 Å². The van der Waals surface area contributed by atoms with Gasteiger partial charge >= 0.3 is 0 Å². The van der Waals surface area contributed by atoms with Gasteiger partial charge in [-0.15, -0.1) is 11.3 Å². The van der Waals surface area contributed by atoms with Gasteiger partial charge in [0.25, 0.3) is 5.91 Å². The third-order valence-corrected chi connectivity index (χ3v) is 4.35. The third kappa shape index (κ3) is 2.50. The second kappa shape index (κ2) is 4.74. The summed E-state index contributed by atoms with van der Waals surface area (Å²) >= 11 is 1.45. The number of thiazole rings is 1. The number of carbonyl (C=O) groups is 1. The van der Waals surface area contributed by atoms with Crippen LogP contribution < -0.4 is 0 Å². The second-order valence-corrected chi connectivity index (χ2v) is 5.89. The summed E-state index contributed by atoms with van der Waals surface area (Å²) < 4.78 is 0. The van der Waals surface area contributed by atoms with Gasteiger partial charge in [-0.3, -0.25) is 4.79 Å². The monoisotopic (exact) mass is 254 g/mol. The summed E-state index contributed by atoms with van der Waals surface area (Å²) in [5.74, 6) is 0.282. The molecule has 1 aliphatic rings. The van der Waals surface area contributed by atoms with Crippen LogP contribution in [0.5, 0.6) is 0 Å². The number of hydrogen-bond donors (Lipinski definition) is 1. The molecule has 2 atom stereocenters. The Kier molecular flexibility index (Phi) is 3.49. The molecular weight excluding hydrogens is 236 g/mol. The molecule has 1 N–H and O–H groups in total. The number of rotatable bonds is 2. The van der Waals surface area contributed by atoms with Crippen LogP contribution in [0.15, 0.2) is 0 Å². The Bertz CT molecular complexity index is 428. The first kappa shape index (κ1) is 12.5. The topological polar surface area (TPSA) is 53.4 Å². The van der Waals surface area contributed by atoms with Crippen LogP contribution in [0.1, 0.15) is 33.7 Å². The van der Waals surface area contributed by atoms with Crippen molar-refractivity contribution in [3.63, 3.8) is 0 Å². The minimum atomic E-state index is -0.336. The van der Waals surface area contributed by atoms with E-state index < -0.39 is 0 Å². The predicted molar refractivity (Wildman–Crippen MR) is 67.3 cm³/mol. The molecule has 1 aliphatic heterocycles. The molecule has 1 aromatic rings. The number of amides is 1. The molecule has 0 radical (unpaired) electrons. The number of aliphatic hydroxyl groups is 1. The van der Waals surface area contributed by atoms with Crippen LogP contribution in [-0.4, -0.2) is 40.1 Å². The number of hydrogen-bond acceptors (Lipinski definition) is 4. The zero-order valence-electron chi connectivity index (χ0n) is 10.4. The Hall–Kier alpha value is -0.940. The highest BCUT2D eigenvalue weighted by Gasteiger charge is 2.31. The second-order valence-electron chi connectivity index (χ2n) is 4.69. The summed E-state index contributed by atoms with van der Waals surface area (Å²) in [6.07, 6.45) is 0.553. The molecule has 0 aliphatic carbocycles. The Morgan fingerprint density at radius 1 is 1.59 bits per heavy atom. The number of aliphatic hydroxyl groups excluding tert-OH is 1. The van der Waals surface area contributed by atoms with Crippen molar-refractivity contribution in [2.75, 3.05) is 13.1 Å². The van der Waals surface area contributed by atoms with E-state index in [0.717, 1.165) is 28.5 Å². The highest BCUT2D eigenvalue weighted by atomic mass is 32.1. The van der Waals surface area contributed by atoms with E-state index in [4.69, 9.17) is 0 Å². The summed E-state index contributed by atoms with van der Waals surface area (Å²) in [4.78, 5) is 19.1. The van der Waals surface area contributed by atoms with Crippen molar-refractivity contribution in [3.8, 4) is 0 Å². The van der Waals surface area contributed by atoms with Gasteiger partial charge in [-0.05, 0) is 27.2 Å². The largest absolute Gasteiger partial charge is 0.393 e. The molecule has 94 valence electrons. The first-order valence-corrected chi connectivity index (χ1v) is 6.72. The lowest BCUT2D eigenvalue weighted by molar-refractivity contribution is 0.0766. The van der Waals surface area contributed by atoms with E-state index in [1.807, 2.05) is 18.7 Å². The van der Waals surface area contributed by atoms with Crippen LogP contribution in [0.4, 0.5) is 0 Å². The summed E-state index contributed by atoms with van der Waals surface area (Å²) in [5, 5.41) is 10.5. The minimum absolute atomic E-state index is 0.0660. The fourth-order valence-corrected chi connectivity index (χ4v) is 3.13. The molecule has 1 aromatic heterocycles. The molecule has 2 rings (SSSR count). The molecular formula is C12H18N2O2S. The number of nitrogens with zero attached hydrogens (tertiary/aromatic N) is 2. The van der Waals surface area contributed by atoms with E-state index in [2.05, 4.69) is 4.98 Å². The van der Waals surface area contributed by atoms with E-state index in [1.165, 1.54) is 11.3 Å². The van der Waals surface area contributed by atoms with Gasteiger partial charge in [-0.1, -0.05) is 0 Å². The highest BCUT2D eigenvalue weighted by molar-refractivity contribution is 7.13. The van der Waals surface area contributed by atoms with E-state index >= 15 is 0 Å². The third-order valence-electron chi connectivity index (χ3n) is 3.29. The van der Waals surface area contributed by atoms with Gasteiger partial charge in [0.2, 0.25) is 0 Å². The number of carbonyl (C=O) groups excluding carboxylic acids is 1. The predicted octanol–water partition coefficient (Wildman–Crippen LogP) is 1.60. The van der Waals surface area contributed by atoms with Gasteiger partial charge in [0.15, 0.2) is 0 Å². The molecule has 2 heterocycles. The Labute approximate surface area is 105 Å². The molecule has 2 unspecified atom stereocenters. The molecule has 17 heavy (non-hydrogen) atoms. The van der Waals surface area contributed by atoms with Gasteiger partial charge in [-0.25, -0.2) is 4.98 Å². The zero-order valence-corrected chi connectivity index (χ0v) is 11.3. The van der Waals surface area contributed by atoms with Crippen LogP contribution in [0.2, 0.25) is 0 Å². The quantitative estimate of drug-likeness (QED) is 0.872. The lowest BCUT2D eigenvalue weighted by atomic mass is 10.0. The SMILES string of the molecule is Cc1nc(C)c(C(=O)N2CCC(C(C)O)C2)s1. The van der Waals surface area contributed by atoms with E-state index in [-0.39, 0.29) is 17.9 Å². The fourth-order valence-electron chi connectivity index (χ4n) is 2.24. The fraction of sp³-hybridized carbons (Fsp3) is 0.667. The Morgan fingerprint density at radius 2 is 2.29 bits per heavy atom. The maximum Gasteiger partial charge on any atom is 0.265 e. The molecule has 0 spiro atoms. The van der Waals surface area contributed by atoms with E-state index in [0.29, 0.717) is 6.54 Å². The van der Waals surface area contributed by atoms with Crippen LogP contribution in [0.3, 0.4) is 0 Å². The lowest BCUT2D eigenvalue weighted by Crippen LogP contribution is -2.30. The van der Waals surface area contributed by atoms with E-state index in [1.54, 1.807) is 6.92 Å². The van der Waals surface area contributed by atoms with Gasteiger partial charge in [0.05, 0.1) is 16.8 Å². The van der Waals surface area contributed by atoms with Crippen molar-refractivity contribution in [2.24, 2.45) is 5.92 Å². The van der Waals surface area contributed by atoms with Crippen molar-refractivity contribution >= 4 is 17.2 Å². The van der Waals surface area contributed by atoms with Crippen molar-refractivity contribution in [1.82, 2.24) is 9.88 Å². The summed E-state index contributed by atoms with van der Waals surface area (Å²) in [6, 6.07) is 0. The maximum absolute atomic E-state index is 12.3. The minimum Gasteiger partial charge on any atom is -0.393 e. The molecule has 0 saturated carbocycles. The van der Waals surface area contributed by atoms with Crippen molar-refractivity contribution in [2.45, 2.75) is 33.3 Å². The standard InChI is InChI=1S/C12H18N2O2S/c1-7-11(17-9(3)13-7)12(16)14-5-4-10(6-14)8(2)15/h8,10,15H,4-6H2,1-3H3. The van der Waals surface area contributed by atoms with Crippen LogP contribution >= 0.6 is 11.3 Å². The van der Waals surface area contributed by atoms with Crippen molar-refractivity contribution in [1.29, 1.82) is 0 Å². The van der Waals surface area contributed by atoms with Gasteiger partial charge in [-0.2, -0.15) is 0 Å². The van der Waals surface area contributed by atoms with Gasteiger partial charge in [0.1, 0.15) is 4.88 Å². The van der Waals surface area contributed by atoms with Crippen LogP contribution in [0, 0.1) is 19.8 Å². The summed E-state index contributed by atoms with van der Waals surface area (Å²) in [6.45, 7) is 6.98. The summed E-state index contributed by atoms with van der Waals surface area (Å²) in [7, 11) is 0. The first-order chi connectivity index (χ1) is 7.99. The van der Waals surface area contributed by atoms with Crippen molar-refractivity contribution < 1.29 is 9.90 Å². The molecule has 1 saturated heterocycles. The summed E-state index contributed by atoms with van der Waals surface area (Å²) in [5.41, 5.74) is 0.818. The molecule has 0 bridgehead atoms. The smallest absolute Gasteiger partial charge is 0.265 e. The van der Waals surface area contributed by atoms with Gasteiger partial charge < -0.3 is 10.0 Å². The van der Waals surface area contributed by atoms with Crippen LogP contribution in [-0.2, 0) is 0 Å². The Balaban J connectivity index is 2.09. The van der Waals surface area contributed by atoms with E-state index in [9.17, 15) is 9.90 Å². The average molecular weight is 254 g/mol. The highest BCUT2D eigenvalue weighted by Crippen LogP contribution is 2.25.